The van der Waals surface area contributed by atoms with Gasteiger partial charge in [-0.2, -0.15) is 5.10 Å². The molecule has 4 rings (SSSR count). The molecule has 1 saturated carbocycles. The van der Waals surface area contributed by atoms with Crippen LogP contribution in [0.5, 0.6) is 0 Å². The highest BCUT2D eigenvalue weighted by Gasteiger charge is 2.24. The van der Waals surface area contributed by atoms with Crippen LogP contribution in [0.3, 0.4) is 0 Å². The number of rotatable bonds is 4. The summed E-state index contributed by atoms with van der Waals surface area (Å²) < 4.78 is 2.02. The van der Waals surface area contributed by atoms with Crippen molar-refractivity contribution in [3.8, 4) is 11.1 Å². The van der Waals surface area contributed by atoms with Crippen molar-refractivity contribution in [3.63, 3.8) is 0 Å². The number of piperidine rings is 1. The fraction of sp³-hybridized carbons (Fsp3) is 0.529. The summed E-state index contributed by atoms with van der Waals surface area (Å²) in [6, 6.07) is 1.90. The normalized spacial score (nSPS) is 21.7. The van der Waals surface area contributed by atoms with E-state index in [0.29, 0.717) is 11.7 Å². The molecule has 0 aromatic carbocycles. The molecule has 122 valence electrons. The molecule has 1 aliphatic heterocycles. The minimum Gasteiger partial charge on any atom is -0.391 e. The van der Waals surface area contributed by atoms with E-state index in [1.54, 1.807) is 0 Å². The van der Waals surface area contributed by atoms with Crippen LogP contribution in [0.4, 0.5) is 5.69 Å². The van der Waals surface area contributed by atoms with Crippen LogP contribution < -0.4 is 4.90 Å². The van der Waals surface area contributed by atoms with Crippen LogP contribution in [0.15, 0.2) is 24.7 Å². The first-order valence-electron chi connectivity index (χ1n) is 8.30. The van der Waals surface area contributed by atoms with E-state index in [1.165, 1.54) is 12.8 Å². The van der Waals surface area contributed by atoms with E-state index in [0.717, 1.165) is 48.7 Å². The molecule has 2 fully saturated rings. The van der Waals surface area contributed by atoms with Crippen molar-refractivity contribution in [1.82, 2.24) is 14.8 Å². The highest BCUT2D eigenvalue weighted by molar-refractivity contribution is 6.29. The van der Waals surface area contributed by atoms with Gasteiger partial charge in [0.25, 0.3) is 0 Å². The first-order chi connectivity index (χ1) is 11.2. The standard InChI is InChI=1S/C17H21ClN4O/c18-17-6-16(21-5-1-2-14(23)11-21)15(8-19-17)13-7-20-22(10-13)9-12-3-4-12/h6-8,10,12,14,23H,1-5,9,11H2/t14-/m0/s1. The molecule has 2 aromatic rings. The SMILES string of the molecule is O[C@H]1CCCN(c2cc(Cl)ncc2-c2cnn(CC3CC3)c2)C1. The minimum atomic E-state index is -0.277. The third kappa shape index (κ3) is 3.35. The van der Waals surface area contributed by atoms with E-state index in [4.69, 9.17) is 11.6 Å². The van der Waals surface area contributed by atoms with Gasteiger partial charge in [-0.3, -0.25) is 4.68 Å². The lowest BCUT2D eigenvalue weighted by Gasteiger charge is -2.33. The monoisotopic (exact) mass is 332 g/mol. The third-order valence-corrected chi connectivity index (χ3v) is 4.88. The van der Waals surface area contributed by atoms with E-state index < -0.39 is 0 Å². The lowest BCUT2D eigenvalue weighted by molar-refractivity contribution is 0.154. The lowest BCUT2D eigenvalue weighted by atomic mass is 10.0. The van der Waals surface area contributed by atoms with Crippen LogP contribution in [0.25, 0.3) is 11.1 Å². The van der Waals surface area contributed by atoms with Gasteiger partial charge in [-0.1, -0.05) is 11.6 Å². The Bertz CT molecular complexity index is 698. The lowest BCUT2D eigenvalue weighted by Crippen LogP contribution is -2.38. The molecule has 23 heavy (non-hydrogen) atoms. The van der Waals surface area contributed by atoms with Crippen LogP contribution >= 0.6 is 11.6 Å². The van der Waals surface area contributed by atoms with Gasteiger partial charge in [0.15, 0.2) is 0 Å². The predicted octanol–water partition coefficient (Wildman–Crippen LogP) is 2.97. The van der Waals surface area contributed by atoms with Crippen molar-refractivity contribution in [2.24, 2.45) is 5.92 Å². The molecule has 2 aromatic heterocycles. The van der Waals surface area contributed by atoms with Crippen molar-refractivity contribution in [3.05, 3.63) is 29.8 Å². The van der Waals surface area contributed by atoms with E-state index in [1.807, 2.05) is 23.1 Å². The smallest absolute Gasteiger partial charge is 0.131 e. The van der Waals surface area contributed by atoms with Gasteiger partial charge in [0.1, 0.15) is 5.15 Å². The molecule has 1 atom stereocenters. The van der Waals surface area contributed by atoms with Gasteiger partial charge in [-0.25, -0.2) is 4.98 Å². The number of hydrogen-bond donors (Lipinski definition) is 1. The summed E-state index contributed by atoms with van der Waals surface area (Å²) >= 11 is 6.12. The zero-order valence-electron chi connectivity index (χ0n) is 13.0. The second-order valence-electron chi connectivity index (χ2n) is 6.66. The zero-order chi connectivity index (χ0) is 15.8. The predicted molar refractivity (Wildman–Crippen MR) is 90.6 cm³/mol. The van der Waals surface area contributed by atoms with Gasteiger partial charge >= 0.3 is 0 Å². The Labute approximate surface area is 140 Å². The van der Waals surface area contributed by atoms with E-state index >= 15 is 0 Å². The number of halogens is 1. The van der Waals surface area contributed by atoms with Gasteiger partial charge in [0.2, 0.25) is 0 Å². The molecular formula is C17H21ClN4O. The average molecular weight is 333 g/mol. The Balaban J connectivity index is 1.65. The first-order valence-corrected chi connectivity index (χ1v) is 8.68. The zero-order valence-corrected chi connectivity index (χ0v) is 13.8. The molecule has 5 nitrogen and oxygen atoms in total. The summed E-state index contributed by atoms with van der Waals surface area (Å²) in [5.41, 5.74) is 3.13. The highest BCUT2D eigenvalue weighted by Crippen LogP contribution is 2.35. The van der Waals surface area contributed by atoms with E-state index in [-0.39, 0.29) is 6.10 Å². The van der Waals surface area contributed by atoms with Crippen LogP contribution in [0, 0.1) is 5.92 Å². The second kappa shape index (κ2) is 6.13. The number of pyridine rings is 1. The van der Waals surface area contributed by atoms with Crippen molar-refractivity contribution in [2.45, 2.75) is 38.3 Å². The maximum Gasteiger partial charge on any atom is 0.131 e. The molecule has 0 spiro atoms. The maximum atomic E-state index is 9.98. The van der Waals surface area contributed by atoms with Gasteiger partial charge in [-0.15, -0.1) is 0 Å². The Morgan fingerprint density at radius 1 is 1.26 bits per heavy atom. The van der Waals surface area contributed by atoms with Crippen LogP contribution in [-0.2, 0) is 6.54 Å². The molecule has 1 aliphatic carbocycles. The molecule has 0 bridgehead atoms. The summed E-state index contributed by atoms with van der Waals surface area (Å²) in [5.74, 6) is 0.794. The fourth-order valence-electron chi connectivity index (χ4n) is 3.25. The van der Waals surface area contributed by atoms with Crippen molar-refractivity contribution in [1.29, 1.82) is 0 Å². The Hall–Kier alpha value is -1.59. The summed E-state index contributed by atoms with van der Waals surface area (Å²) in [5, 5.41) is 14.9. The van der Waals surface area contributed by atoms with E-state index in [2.05, 4.69) is 21.2 Å². The number of aliphatic hydroxyl groups excluding tert-OH is 1. The molecule has 1 saturated heterocycles. The van der Waals surface area contributed by atoms with Crippen molar-refractivity contribution >= 4 is 17.3 Å². The molecule has 0 amide bonds. The molecule has 6 heteroatoms. The van der Waals surface area contributed by atoms with Crippen LogP contribution in [0.1, 0.15) is 25.7 Å². The summed E-state index contributed by atoms with van der Waals surface area (Å²) in [7, 11) is 0. The number of nitrogens with zero attached hydrogens (tertiary/aromatic N) is 4. The minimum absolute atomic E-state index is 0.277. The largest absolute Gasteiger partial charge is 0.391 e. The second-order valence-corrected chi connectivity index (χ2v) is 7.05. The number of β-amino-alcohol motifs (C(OH)–C–C–N with tert-alkyl or cyclic N) is 1. The van der Waals surface area contributed by atoms with E-state index in [9.17, 15) is 5.11 Å². The first kappa shape index (κ1) is 15.0. The highest BCUT2D eigenvalue weighted by atomic mass is 35.5. The van der Waals surface area contributed by atoms with Crippen molar-refractivity contribution < 1.29 is 5.11 Å². The number of aromatic nitrogens is 3. The topological polar surface area (TPSA) is 54.2 Å². The summed E-state index contributed by atoms with van der Waals surface area (Å²) in [6.45, 7) is 2.57. The van der Waals surface area contributed by atoms with Crippen LogP contribution in [0.2, 0.25) is 5.15 Å². The van der Waals surface area contributed by atoms with Crippen molar-refractivity contribution in [2.75, 3.05) is 18.0 Å². The summed E-state index contributed by atoms with van der Waals surface area (Å²) in [4.78, 5) is 6.46. The molecule has 0 unspecified atom stereocenters. The average Bonchev–Trinajstić information content (AvgIpc) is 3.23. The maximum absolute atomic E-state index is 9.98. The summed E-state index contributed by atoms with van der Waals surface area (Å²) in [6.07, 6.45) is 10.0. The molecule has 3 heterocycles. The number of hydrogen-bond acceptors (Lipinski definition) is 4. The van der Waals surface area contributed by atoms with Gasteiger partial charge < -0.3 is 10.0 Å². The van der Waals surface area contributed by atoms with Gasteiger partial charge in [-0.05, 0) is 37.7 Å². The fourth-order valence-corrected chi connectivity index (χ4v) is 3.40. The molecule has 1 N–H and O–H groups in total. The third-order valence-electron chi connectivity index (χ3n) is 4.67. The molecule has 2 aliphatic rings. The molecule has 0 radical (unpaired) electrons. The van der Waals surface area contributed by atoms with Gasteiger partial charge in [0.05, 0.1) is 12.3 Å². The molecular weight excluding hydrogens is 312 g/mol. The Morgan fingerprint density at radius 2 is 2.13 bits per heavy atom. The Kier molecular flexibility index (Phi) is 3.99. The van der Waals surface area contributed by atoms with Crippen LogP contribution in [-0.4, -0.2) is 39.1 Å². The van der Waals surface area contributed by atoms with Gasteiger partial charge in [0, 0.05) is 48.8 Å². The number of aliphatic hydroxyl groups is 1. The number of anilines is 1. The quantitative estimate of drug-likeness (QED) is 0.875. The Morgan fingerprint density at radius 3 is 2.91 bits per heavy atom.